The van der Waals surface area contributed by atoms with Crippen molar-refractivity contribution in [1.82, 2.24) is 15.2 Å². The van der Waals surface area contributed by atoms with Gasteiger partial charge in [-0.05, 0) is 43.7 Å². The first kappa shape index (κ1) is 19.4. The molecular weight excluding hydrogens is 354 g/mol. The first-order chi connectivity index (χ1) is 13.5. The molecule has 0 saturated carbocycles. The lowest BCUT2D eigenvalue weighted by Crippen LogP contribution is -2.36. The minimum absolute atomic E-state index is 0.0112. The number of carbonyl (C=O) groups is 2. The van der Waals surface area contributed by atoms with Crippen LogP contribution in [0.4, 0.5) is 0 Å². The molecule has 6 nitrogen and oxygen atoms in total. The lowest BCUT2D eigenvalue weighted by molar-refractivity contribution is 0.0690. The summed E-state index contributed by atoms with van der Waals surface area (Å²) < 4.78 is 5.20. The van der Waals surface area contributed by atoms with Gasteiger partial charge in [0, 0.05) is 24.3 Å². The quantitative estimate of drug-likeness (QED) is 0.682. The minimum atomic E-state index is -0.356. The molecule has 0 bridgehead atoms. The molecule has 0 atom stereocenters. The highest BCUT2D eigenvalue weighted by Crippen LogP contribution is 2.14. The van der Waals surface area contributed by atoms with E-state index in [0.29, 0.717) is 17.9 Å². The van der Waals surface area contributed by atoms with Crippen molar-refractivity contribution in [3.05, 3.63) is 89.6 Å². The Labute approximate surface area is 164 Å². The molecule has 6 heteroatoms. The number of amides is 2. The average molecular weight is 377 g/mol. The summed E-state index contributed by atoms with van der Waals surface area (Å²) >= 11 is 0. The van der Waals surface area contributed by atoms with Crippen molar-refractivity contribution in [1.29, 1.82) is 0 Å². The van der Waals surface area contributed by atoms with E-state index in [2.05, 4.69) is 10.3 Å². The summed E-state index contributed by atoms with van der Waals surface area (Å²) in [6, 6.07) is 16.5. The number of rotatable bonds is 7. The van der Waals surface area contributed by atoms with Crippen LogP contribution in [0.2, 0.25) is 0 Å². The molecule has 3 rings (SSSR count). The molecular formula is C22H23N3O3. The Morgan fingerprint density at radius 2 is 1.89 bits per heavy atom. The predicted octanol–water partition coefficient (Wildman–Crippen LogP) is 3.66. The van der Waals surface area contributed by atoms with Crippen molar-refractivity contribution in [2.75, 3.05) is 0 Å². The summed E-state index contributed by atoms with van der Waals surface area (Å²) in [7, 11) is 0. The average Bonchev–Trinajstić information content (AvgIpc) is 3.24. The van der Waals surface area contributed by atoms with E-state index >= 15 is 0 Å². The molecule has 1 N–H and O–H groups in total. The molecule has 2 amide bonds. The Kier molecular flexibility index (Phi) is 6.22. The summed E-state index contributed by atoms with van der Waals surface area (Å²) in [5.74, 6) is 0.154. The molecule has 0 unspecified atom stereocenters. The van der Waals surface area contributed by atoms with E-state index in [9.17, 15) is 9.59 Å². The smallest absolute Gasteiger partial charge is 0.270 e. The molecule has 3 aromatic rings. The number of carbonyl (C=O) groups excluding carboxylic acids is 2. The van der Waals surface area contributed by atoms with Gasteiger partial charge in [0.05, 0.1) is 12.8 Å². The molecule has 1 aromatic carbocycles. The van der Waals surface area contributed by atoms with Crippen LogP contribution >= 0.6 is 0 Å². The zero-order valence-electron chi connectivity index (χ0n) is 16.0. The third-order valence-corrected chi connectivity index (χ3v) is 4.32. The third-order valence-electron chi connectivity index (χ3n) is 4.32. The van der Waals surface area contributed by atoms with Crippen LogP contribution in [-0.4, -0.2) is 27.7 Å². The molecule has 28 heavy (non-hydrogen) atoms. The van der Waals surface area contributed by atoms with E-state index in [1.54, 1.807) is 29.4 Å². The maximum atomic E-state index is 13.1. The molecule has 0 saturated heterocycles. The van der Waals surface area contributed by atoms with Crippen LogP contribution in [0.1, 0.15) is 46.0 Å². The molecule has 0 spiro atoms. The maximum absolute atomic E-state index is 13.1. The normalized spacial score (nSPS) is 10.7. The van der Waals surface area contributed by atoms with E-state index in [0.717, 1.165) is 5.56 Å². The monoisotopic (exact) mass is 377 g/mol. The van der Waals surface area contributed by atoms with Crippen LogP contribution in [0.3, 0.4) is 0 Å². The van der Waals surface area contributed by atoms with Crippen LogP contribution in [0.25, 0.3) is 0 Å². The van der Waals surface area contributed by atoms with Crippen LogP contribution in [0.15, 0.2) is 71.5 Å². The van der Waals surface area contributed by atoms with Gasteiger partial charge in [-0.25, -0.2) is 0 Å². The number of hydrogen-bond acceptors (Lipinski definition) is 4. The second-order valence-corrected chi connectivity index (χ2v) is 6.70. The van der Waals surface area contributed by atoms with Crippen molar-refractivity contribution in [3.63, 3.8) is 0 Å². The van der Waals surface area contributed by atoms with Gasteiger partial charge in [0.15, 0.2) is 0 Å². The number of pyridine rings is 1. The van der Waals surface area contributed by atoms with Gasteiger partial charge < -0.3 is 14.6 Å². The van der Waals surface area contributed by atoms with Gasteiger partial charge in [-0.15, -0.1) is 0 Å². The zero-order chi connectivity index (χ0) is 19.9. The van der Waals surface area contributed by atoms with Gasteiger partial charge in [-0.2, -0.15) is 0 Å². The van der Waals surface area contributed by atoms with Crippen LogP contribution in [-0.2, 0) is 13.1 Å². The molecule has 144 valence electrons. The lowest BCUT2D eigenvalue weighted by Gasteiger charge is -2.27. The molecule has 0 fully saturated rings. The van der Waals surface area contributed by atoms with Crippen molar-refractivity contribution >= 4 is 11.8 Å². The van der Waals surface area contributed by atoms with Crippen LogP contribution < -0.4 is 5.32 Å². The number of nitrogens with zero attached hydrogens (tertiary/aromatic N) is 2. The largest absolute Gasteiger partial charge is 0.467 e. The standard InChI is InChI=1S/C22H23N3O3/c1-16(2)25(15-17-7-4-3-5-8-17)22(27)18-10-11-23-20(13-18)21(26)24-14-19-9-6-12-28-19/h3-13,16H,14-15H2,1-2H3,(H,24,26). The topological polar surface area (TPSA) is 75.4 Å². The van der Waals surface area contributed by atoms with Crippen molar-refractivity contribution in [2.45, 2.75) is 33.0 Å². The van der Waals surface area contributed by atoms with Gasteiger partial charge in [-0.3, -0.25) is 14.6 Å². The summed E-state index contributed by atoms with van der Waals surface area (Å²) in [5, 5.41) is 2.74. The first-order valence-electron chi connectivity index (χ1n) is 9.16. The van der Waals surface area contributed by atoms with E-state index in [1.165, 1.54) is 12.3 Å². The summed E-state index contributed by atoms with van der Waals surface area (Å²) in [5.41, 5.74) is 1.68. The van der Waals surface area contributed by atoms with Gasteiger partial charge in [0.1, 0.15) is 11.5 Å². The number of hydrogen-bond donors (Lipinski definition) is 1. The lowest BCUT2D eigenvalue weighted by atomic mass is 10.1. The van der Waals surface area contributed by atoms with Crippen LogP contribution in [0.5, 0.6) is 0 Å². The van der Waals surface area contributed by atoms with Gasteiger partial charge >= 0.3 is 0 Å². The van der Waals surface area contributed by atoms with E-state index in [1.807, 2.05) is 44.2 Å². The van der Waals surface area contributed by atoms with Crippen molar-refractivity contribution in [3.8, 4) is 0 Å². The first-order valence-corrected chi connectivity index (χ1v) is 9.16. The molecule has 0 aliphatic rings. The Morgan fingerprint density at radius 1 is 1.11 bits per heavy atom. The number of benzene rings is 1. The zero-order valence-corrected chi connectivity index (χ0v) is 16.0. The SMILES string of the molecule is CC(C)N(Cc1ccccc1)C(=O)c1ccnc(C(=O)NCc2ccco2)c1. The molecule has 0 aliphatic heterocycles. The summed E-state index contributed by atoms with van der Waals surface area (Å²) in [6.07, 6.45) is 3.03. The van der Waals surface area contributed by atoms with E-state index < -0.39 is 0 Å². The van der Waals surface area contributed by atoms with Crippen molar-refractivity contribution < 1.29 is 14.0 Å². The second kappa shape index (κ2) is 8.99. The minimum Gasteiger partial charge on any atom is -0.467 e. The Bertz CT molecular complexity index is 921. The second-order valence-electron chi connectivity index (χ2n) is 6.70. The van der Waals surface area contributed by atoms with Gasteiger partial charge in [0.25, 0.3) is 11.8 Å². The number of aromatic nitrogens is 1. The van der Waals surface area contributed by atoms with E-state index in [4.69, 9.17) is 4.42 Å². The highest BCUT2D eigenvalue weighted by Gasteiger charge is 2.20. The third kappa shape index (κ3) is 4.85. The molecule has 0 radical (unpaired) electrons. The van der Waals surface area contributed by atoms with E-state index in [-0.39, 0.29) is 30.1 Å². The highest BCUT2D eigenvalue weighted by molar-refractivity contribution is 5.98. The van der Waals surface area contributed by atoms with Gasteiger partial charge in [0.2, 0.25) is 0 Å². The number of furan rings is 1. The van der Waals surface area contributed by atoms with Crippen molar-refractivity contribution in [2.24, 2.45) is 0 Å². The number of nitrogens with one attached hydrogen (secondary N) is 1. The fourth-order valence-electron chi connectivity index (χ4n) is 2.79. The predicted molar refractivity (Wildman–Crippen MR) is 106 cm³/mol. The summed E-state index contributed by atoms with van der Waals surface area (Å²) in [6.45, 7) is 4.70. The fraction of sp³-hybridized carbons (Fsp3) is 0.227. The van der Waals surface area contributed by atoms with Gasteiger partial charge in [-0.1, -0.05) is 30.3 Å². The molecule has 2 aromatic heterocycles. The fourth-order valence-corrected chi connectivity index (χ4v) is 2.79. The molecule has 2 heterocycles. The highest BCUT2D eigenvalue weighted by atomic mass is 16.3. The Hall–Kier alpha value is -3.41. The Morgan fingerprint density at radius 3 is 2.57 bits per heavy atom. The Balaban J connectivity index is 1.73. The van der Waals surface area contributed by atoms with Crippen LogP contribution in [0, 0.1) is 0 Å². The summed E-state index contributed by atoms with van der Waals surface area (Å²) in [4.78, 5) is 31.3. The maximum Gasteiger partial charge on any atom is 0.270 e. The molecule has 0 aliphatic carbocycles.